The zero-order valence-corrected chi connectivity index (χ0v) is 17.5. The Morgan fingerprint density at radius 2 is 1.45 bits per heavy atom. The van der Waals surface area contributed by atoms with Gasteiger partial charge in [0.15, 0.2) is 0 Å². The van der Waals surface area contributed by atoms with Gasteiger partial charge in [0.05, 0.1) is 25.4 Å². The number of nitrogens with one attached hydrogen (secondary N) is 1. The summed E-state index contributed by atoms with van der Waals surface area (Å²) in [7, 11) is 2.73. The van der Waals surface area contributed by atoms with Crippen LogP contribution in [-0.2, 0) is 31.9 Å². The Balaban J connectivity index is 1.92. The second-order valence-corrected chi connectivity index (χ2v) is 7.33. The van der Waals surface area contributed by atoms with Crippen molar-refractivity contribution >= 4 is 33.7 Å². The number of aromatic nitrogens is 2. The third-order valence-corrected chi connectivity index (χ3v) is 5.62. The van der Waals surface area contributed by atoms with Crippen LogP contribution in [0.2, 0.25) is 0 Å². The number of esters is 2. The van der Waals surface area contributed by atoms with Crippen LogP contribution in [-0.4, -0.2) is 41.1 Å². The molecule has 0 fully saturated rings. The van der Waals surface area contributed by atoms with Crippen molar-refractivity contribution in [3.05, 3.63) is 59.7 Å². The van der Waals surface area contributed by atoms with Crippen LogP contribution < -0.4 is 0 Å². The lowest BCUT2D eigenvalue weighted by Crippen LogP contribution is -2.05. The molecule has 160 valence electrons. The highest BCUT2D eigenvalue weighted by molar-refractivity contribution is 5.96. The molecule has 0 amide bonds. The number of H-pyrrole nitrogens is 1. The first-order valence-corrected chi connectivity index (χ1v) is 10.1. The van der Waals surface area contributed by atoms with E-state index in [4.69, 9.17) is 9.47 Å². The quantitative estimate of drug-likeness (QED) is 0.345. The molecule has 2 aromatic carbocycles. The molecule has 4 rings (SSSR count). The van der Waals surface area contributed by atoms with E-state index in [2.05, 4.69) is 4.98 Å². The number of rotatable bonds is 7. The van der Waals surface area contributed by atoms with Crippen LogP contribution in [0.25, 0.3) is 33.2 Å². The minimum Gasteiger partial charge on any atom is -0.469 e. The molecule has 0 atom stereocenters. The summed E-state index contributed by atoms with van der Waals surface area (Å²) in [6, 6.07) is 15.3. The fraction of sp³-hybridized carbons (Fsp3) is 0.250. The molecule has 0 unspecified atom stereocenters. The number of fused-ring (bicyclic) bond motifs is 2. The molecule has 2 aromatic heterocycles. The minimum absolute atomic E-state index is 0.190. The number of hydrogen-bond donors (Lipinski definition) is 2. The molecule has 2 heterocycles. The molecule has 2 N–H and O–H groups in total. The van der Waals surface area contributed by atoms with Crippen molar-refractivity contribution in [3.63, 3.8) is 0 Å². The van der Waals surface area contributed by atoms with Gasteiger partial charge in [-0.2, -0.15) is 4.73 Å². The van der Waals surface area contributed by atoms with E-state index in [9.17, 15) is 14.8 Å². The molecule has 0 aliphatic heterocycles. The van der Waals surface area contributed by atoms with Gasteiger partial charge < -0.3 is 19.7 Å². The molecule has 0 aliphatic carbocycles. The summed E-state index contributed by atoms with van der Waals surface area (Å²) in [5.74, 6) is -0.616. The van der Waals surface area contributed by atoms with E-state index >= 15 is 0 Å². The van der Waals surface area contributed by atoms with E-state index in [1.54, 1.807) is 0 Å². The first kappa shape index (κ1) is 20.5. The molecule has 7 heteroatoms. The molecule has 7 nitrogen and oxygen atoms in total. The van der Waals surface area contributed by atoms with Crippen LogP contribution in [0, 0.1) is 0 Å². The van der Waals surface area contributed by atoms with E-state index in [0.717, 1.165) is 37.8 Å². The molecule has 0 radical (unpaired) electrons. The molecule has 31 heavy (non-hydrogen) atoms. The molecular formula is C24H24N2O5. The maximum Gasteiger partial charge on any atom is 0.305 e. The van der Waals surface area contributed by atoms with Crippen molar-refractivity contribution in [1.82, 2.24) is 9.71 Å². The van der Waals surface area contributed by atoms with E-state index < -0.39 is 0 Å². The van der Waals surface area contributed by atoms with Gasteiger partial charge >= 0.3 is 11.9 Å². The fourth-order valence-electron chi connectivity index (χ4n) is 4.12. The van der Waals surface area contributed by atoms with Gasteiger partial charge in [-0.1, -0.05) is 36.4 Å². The average Bonchev–Trinajstić information content (AvgIpc) is 3.30. The standard InChI is InChI=1S/C24H24N2O5/c1-30-21(27)13-11-17-15-7-3-5-9-19(15)25-23(17)24-18(12-14-22(28)31-2)16-8-4-6-10-20(16)26(24)29/h3-10,25,29H,11-14H2,1-2H3. The normalized spacial score (nSPS) is 11.2. The van der Waals surface area contributed by atoms with Crippen LogP contribution in [0.1, 0.15) is 24.0 Å². The Labute approximate surface area is 179 Å². The summed E-state index contributed by atoms with van der Waals surface area (Å²) in [5, 5.41) is 12.9. The van der Waals surface area contributed by atoms with Gasteiger partial charge in [0.25, 0.3) is 0 Å². The first-order valence-electron chi connectivity index (χ1n) is 10.1. The van der Waals surface area contributed by atoms with E-state index in [0.29, 0.717) is 24.1 Å². The summed E-state index contributed by atoms with van der Waals surface area (Å²) in [6.07, 6.45) is 1.26. The van der Waals surface area contributed by atoms with Gasteiger partial charge in [0.2, 0.25) is 0 Å². The van der Waals surface area contributed by atoms with Gasteiger partial charge in [-0.05, 0) is 36.1 Å². The highest BCUT2D eigenvalue weighted by Crippen LogP contribution is 2.38. The number of nitrogens with zero attached hydrogens (tertiary/aromatic N) is 1. The maximum atomic E-state index is 11.8. The fourth-order valence-corrected chi connectivity index (χ4v) is 4.12. The number of aromatic amines is 1. The third kappa shape index (κ3) is 3.74. The van der Waals surface area contributed by atoms with Gasteiger partial charge in [-0.3, -0.25) is 9.59 Å². The lowest BCUT2D eigenvalue weighted by Gasteiger charge is -2.09. The lowest BCUT2D eigenvalue weighted by molar-refractivity contribution is -0.141. The SMILES string of the molecule is COC(=O)CCc1c(-c2c(CCC(=O)OC)c3ccccc3n2O)[nH]c2ccccc12. The number of hydrogen-bond acceptors (Lipinski definition) is 5. The number of aryl methyl sites for hydroxylation is 2. The van der Waals surface area contributed by atoms with Crippen molar-refractivity contribution < 1.29 is 24.3 Å². The average molecular weight is 420 g/mol. The molecule has 4 aromatic rings. The molecule has 0 saturated heterocycles. The highest BCUT2D eigenvalue weighted by atomic mass is 16.5. The van der Waals surface area contributed by atoms with Crippen molar-refractivity contribution in [2.45, 2.75) is 25.7 Å². The van der Waals surface area contributed by atoms with Gasteiger partial charge in [0.1, 0.15) is 5.69 Å². The third-order valence-electron chi connectivity index (χ3n) is 5.62. The summed E-state index contributed by atoms with van der Waals surface area (Å²) in [4.78, 5) is 27.1. The second-order valence-electron chi connectivity index (χ2n) is 7.33. The van der Waals surface area contributed by atoms with Gasteiger partial charge in [-0.25, -0.2) is 0 Å². The number of methoxy groups -OCH3 is 2. The lowest BCUT2D eigenvalue weighted by atomic mass is 9.99. The molecule has 0 spiro atoms. The molecule has 0 bridgehead atoms. The summed E-state index contributed by atoms with van der Waals surface area (Å²) in [6.45, 7) is 0. The van der Waals surface area contributed by atoms with Crippen molar-refractivity contribution in [1.29, 1.82) is 0 Å². The largest absolute Gasteiger partial charge is 0.469 e. The summed E-state index contributed by atoms with van der Waals surface area (Å²) >= 11 is 0. The Morgan fingerprint density at radius 3 is 2.13 bits per heavy atom. The number of carbonyl (C=O) groups excluding carboxylic acids is 2. The van der Waals surface area contributed by atoms with E-state index in [1.165, 1.54) is 14.2 Å². The Hall–Kier alpha value is -3.74. The minimum atomic E-state index is -0.316. The Bertz CT molecular complexity index is 1270. The maximum absolute atomic E-state index is 11.8. The first-order chi connectivity index (χ1) is 15.0. The van der Waals surface area contributed by atoms with Crippen LogP contribution in [0.5, 0.6) is 0 Å². The van der Waals surface area contributed by atoms with E-state index in [1.807, 2.05) is 48.5 Å². The van der Waals surface area contributed by atoms with Crippen molar-refractivity contribution in [2.24, 2.45) is 0 Å². The number of carbonyl (C=O) groups is 2. The molecular weight excluding hydrogens is 396 g/mol. The zero-order valence-electron chi connectivity index (χ0n) is 17.5. The number of benzene rings is 2. The Kier molecular flexibility index (Phi) is 5.66. The van der Waals surface area contributed by atoms with Crippen LogP contribution in [0.4, 0.5) is 0 Å². The smallest absolute Gasteiger partial charge is 0.305 e. The van der Waals surface area contributed by atoms with E-state index in [-0.39, 0.29) is 24.8 Å². The summed E-state index contributed by atoms with van der Waals surface area (Å²) in [5.41, 5.74) is 4.62. The van der Waals surface area contributed by atoms with Gasteiger partial charge in [0, 0.05) is 29.1 Å². The van der Waals surface area contributed by atoms with Crippen molar-refractivity contribution in [2.75, 3.05) is 14.2 Å². The number of para-hydroxylation sites is 2. The van der Waals surface area contributed by atoms with Gasteiger partial charge in [-0.15, -0.1) is 0 Å². The van der Waals surface area contributed by atoms with Crippen LogP contribution >= 0.6 is 0 Å². The molecule has 0 saturated carbocycles. The summed E-state index contributed by atoms with van der Waals surface area (Å²) < 4.78 is 10.8. The number of ether oxygens (including phenoxy) is 2. The predicted octanol–water partition coefficient (Wildman–Crippen LogP) is 4.24. The van der Waals surface area contributed by atoms with Crippen LogP contribution in [0.15, 0.2) is 48.5 Å². The second kappa shape index (κ2) is 8.55. The predicted molar refractivity (Wildman–Crippen MR) is 117 cm³/mol. The molecule has 0 aliphatic rings. The zero-order chi connectivity index (χ0) is 22.0. The van der Waals surface area contributed by atoms with Crippen molar-refractivity contribution in [3.8, 4) is 11.4 Å². The monoisotopic (exact) mass is 420 g/mol. The van der Waals surface area contributed by atoms with Crippen LogP contribution in [0.3, 0.4) is 0 Å². The Morgan fingerprint density at radius 1 is 0.871 bits per heavy atom. The topological polar surface area (TPSA) is 93.6 Å². The highest BCUT2D eigenvalue weighted by Gasteiger charge is 2.24.